The third-order valence-corrected chi connectivity index (χ3v) is 9.16. The molecule has 0 saturated heterocycles. The molecule has 0 aliphatic heterocycles. The standard InChI is InChI=1S/C24H38N4O3S/c1-4-5-16(2)26-24-25-14-21-22(17-6-12-20(13-7-17)32(3,30)31)15-28(23(21)27-24)18-8-10-19(29)11-9-18/h14-20,29H,4-13H2,1-3H3,(H,25,26,27)/t16-,17?,18-,19-,20?/m0/s1. The van der Waals surface area contributed by atoms with Crippen molar-refractivity contribution in [2.24, 2.45) is 0 Å². The zero-order valence-corrected chi connectivity index (χ0v) is 20.4. The number of hydrogen-bond acceptors (Lipinski definition) is 6. The predicted molar refractivity (Wildman–Crippen MR) is 129 cm³/mol. The maximum absolute atomic E-state index is 12.0. The van der Waals surface area contributed by atoms with E-state index >= 15 is 0 Å². The van der Waals surface area contributed by atoms with E-state index in [-0.39, 0.29) is 11.4 Å². The quantitative estimate of drug-likeness (QED) is 0.625. The molecule has 0 amide bonds. The lowest BCUT2D eigenvalue weighted by Gasteiger charge is -2.28. The van der Waals surface area contributed by atoms with Gasteiger partial charge in [0.2, 0.25) is 5.95 Å². The van der Waals surface area contributed by atoms with Crippen molar-refractivity contribution in [2.45, 2.75) is 107 Å². The number of aliphatic hydroxyl groups is 1. The highest BCUT2D eigenvalue weighted by Gasteiger charge is 2.31. The van der Waals surface area contributed by atoms with E-state index in [4.69, 9.17) is 4.98 Å². The van der Waals surface area contributed by atoms with Gasteiger partial charge < -0.3 is 15.0 Å². The molecular formula is C24H38N4O3S. The van der Waals surface area contributed by atoms with Crippen molar-refractivity contribution < 1.29 is 13.5 Å². The van der Waals surface area contributed by atoms with Gasteiger partial charge >= 0.3 is 0 Å². The van der Waals surface area contributed by atoms with E-state index in [9.17, 15) is 13.5 Å². The Kier molecular flexibility index (Phi) is 7.10. The van der Waals surface area contributed by atoms with Gasteiger partial charge in [0.05, 0.1) is 11.4 Å². The fraction of sp³-hybridized carbons (Fsp3) is 0.750. The molecule has 2 aromatic heterocycles. The Morgan fingerprint density at radius 1 is 1.16 bits per heavy atom. The van der Waals surface area contributed by atoms with Gasteiger partial charge in [-0.2, -0.15) is 4.98 Å². The van der Waals surface area contributed by atoms with Crippen LogP contribution in [0.2, 0.25) is 0 Å². The normalized spacial score (nSPS) is 28.0. The molecule has 2 N–H and O–H groups in total. The topological polar surface area (TPSA) is 97.1 Å². The fourth-order valence-electron chi connectivity index (χ4n) is 5.59. The van der Waals surface area contributed by atoms with Gasteiger partial charge in [0.15, 0.2) is 0 Å². The summed E-state index contributed by atoms with van der Waals surface area (Å²) >= 11 is 0. The Balaban J connectivity index is 1.65. The number of anilines is 1. The second kappa shape index (κ2) is 9.67. The zero-order valence-electron chi connectivity index (χ0n) is 19.6. The summed E-state index contributed by atoms with van der Waals surface area (Å²) in [5, 5.41) is 14.3. The van der Waals surface area contributed by atoms with Crippen molar-refractivity contribution in [3.8, 4) is 0 Å². The van der Waals surface area contributed by atoms with Crippen molar-refractivity contribution in [3.63, 3.8) is 0 Å². The van der Waals surface area contributed by atoms with E-state index in [1.165, 1.54) is 11.8 Å². The van der Waals surface area contributed by atoms with Gasteiger partial charge in [-0.3, -0.25) is 0 Å². The first kappa shape index (κ1) is 23.5. The molecule has 1 atom stereocenters. The van der Waals surface area contributed by atoms with E-state index in [0.29, 0.717) is 23.9 Å². The van der Waals surface area contributed by atoms with Gasteiger partial charge in [0, 0.05) is 36.1 Å². The summed E-state index contributed by atoms with van der Waals surface area (Å²) < 4.78 is 26.3. The summed E-state index contributed by atoms with van der Waals surface area (Å²) in [7, 11) is -2.98. The molecule has 0 spiro atoms. The second-order valence-electron chi connectivity index (χ2n) is 10.0. The lowest BCUT2D eigenvalue weighted by Crippen LogP contribution is -2.25. The Bertz CT molecular complexity index is 1020. The number of rotatable bonds is 7. The van der Waals surface area contributed by atoms with Crippen molar-refractivity contribution >= 4 is 26.8 Å². The number of sulfone groups is 1. The van der Waals surface area contributed by atoms with E-state index in [0.717, 1.165) is 75.2 Å². The first-order valence-electron chi connectivity index (χ1n) is 12.3. The molecule has 2 heterocycles. The summed E-state index contributed by atoms with van der Waals surface area (Å²) in [6.45, 7) is 4.33. The minimum atomic E-state index is -2.98. The lowest BCUT2D eigenvalue weighted by molar-refractivity contribution is 0.111. The first-order chi connectivity index (χ1) is 15.3. The number of hydrogen-bond donors (Lipinski definition) is 2. The third-order valence-electron chi connectivity index (χ3n) is 7.48. The minimum absolute atomic E-state index is 0.194. The minimum Gasteiger partial charge on any atom is -0.393 e. The van der Waals surface area contributed by atoms with Gasteiger partial charge in [-0.05, 0) is 76.2 Å². The van der Waals surface area contributed by atoms with Crippen LogP contribution < -0.4 is 5.32 Å². The summed E-state index contributed by atoms with van der Waals surface area (Å²) in [6, 6.07) is 0.647. The molecule has 2 fully saturated rings. The Morgan fingerprint density at radius 3 is 2.47 bits per heavy atom. The summed E-state index contributed by atoms with van der Waals surface area (Å²) in [4.78, 5) is 9.58. The molecule has 2 aliphatic rings. The van der Waals surface area contributed by atoms with Crippen LogP contribution in [0.15, 0.2) is 12.4 Å². The average Bonchev–Trinajstić information content (AvgIpc) is 3.13. The fourth-order valence-corrected chi connectivity index (χ4v) is 6.72. The van der Waals surface area contributed by atoms with Crippen LogP contribution in [-0.4, -0.2) is 51.7 Å². The number of aliphatic hydroxyl groups excluding tert-OH is 1. The third kappa shape index (κ3) is 5.11. The Morgan fingerprint density at radius 2 is 1.84 bits per heavy atom. The molecule has 32 heavy (non-hydrogen) atoms. The van der Waals surface area contributed by atoms with Gasteiger partial charge in [-0.25, -0.2) is 13.4 Å². The van der Waals surface area contributed by atoms with Crippen LogP contribution in [0, 0.1) is 0 Å². The van der Waals surface area contributed by atoms with Crippen molar-refractivity contribution in [1.82, 2.24) is 14.5 Å². The van der Waals surface area contributed by atoms with E-state index in [1.54, 1.807) is 0 Å². The predicted octanol–water partition coefficient (Wildman–Crippen LogP) is 4.58. The van der Waals surface area contributed by atoms with Gasteiger partial charge in [-0.1, -0.05) is 13.3 Å². The number of fused-ring (bicyclic) bond motifs is 1. The summed E-state index contributed by atoms with van der Waals surface area (Å²) in [6.07, 6.45) is 14.3. The maximum Gasteiger partial charge on any atom is 0.224 e. The van der Waals surface area contributed by atoms with Crippen molar-refractivity contribution in [1.29, 1.82) is 0 Å². The molecule has 2 saturated carbocycles. The highest BCUT2D eigenvalue weighted by atomic mass is 32.2. The van der Waals surface area contributed by atoms with Crippen molar-refractivity contribution in [2.75, 3.05) is 11.6 Å². The smallest absolute Gasteiger partial charge is 0.224 e. The van der Waals surface area contributed by atoms with E-state index in [2.05, 4.69) is 34.9 Å². The van der Waals surface area contributed by atoms with E-state index in [1.807, 2.05) is 6.20 Å². The highest BCUT2D eigenvalue weighted by Crippen LogP contribution is 2.41. The summed E-state index contributed by atoms with van der Waals surface area (Å²) in [5.41, 5.74) is 2.22. The summed E-state index contributed by atoms with van der Waals surface area (Å²) in [5.74, 6) is 1.01. The molecule has 0 aromatic carbocycles. The van der Waals surface area contributed by atoms with Gasteiger partial charge in [0.25, 0.3) is 0 Å². The van der Waals surface area contributed by atoms with Crippen LogP contribution in [0.4, 0.5) is 5.95 Å². The van der Waals surface area contributed by atoms with E-state index < -0.39 is 9.84 Å². The SMILES string of the molecule is CCC[C@H](C)Nc1ncc2c(C3CCC(S(C)(=O)=O)CC3)cn([C@H]3CC[C@H](O)CC3)c2n1. The molecule has 0 unspecified atom stereocenters. The largest absolute Gasteiger partial charge is 0.393 e. The molecule has 0 radical (unpaired) electrons. The van der Waals surface area contributed by atoms with Crippen LogP contribution in [0.5, 0.6) is 0 Å². The van der Waals surface area contributed by atoms with Crippen molar-refractivity contribution in [3.05, 3.63) is 18.0 Å². The average molecular weight is 463 g/mol. The lowest BCUT2D eigenvalue weighted by atomic mass is 9.84. The molecule has 4 rings (SSSR count). The molecule has 8 heteroatoms. The Hall–Kier alpha value is -1.67. The molecule has 0 bridgehead atoms. The first-order valence-corrected chi connectivity index (χ1v) is 14.2. The monoisotopic (exact) mass is 462 g/mol. The number of aromatic nitrogens is 3. The molecule has 2 aliphatic carbocycles. The zero-order chi connectivity index (χ0) is 22.9. The number of nitrogens with zero attached hydrogens (tertiary/aromatic N) is 3. The van der Waals surface area contributed by atoms with Crippen LogP contribution in [0.1, 0.15) is 95.6 Å². The van der Waals surface area contributed by atoms with Crippen LogP contribution >= 0.6 is 0 Å². The second-order valence-corrected chi connectivity index (χ2v) is 12.3. The molecule has 7 nitrogen and oxygen atoms in total. The van der Waals surface area contributed by atoms with Crippen LogP contribution in [-0.2, 0) is 9.84 Å². The maximum atomic E-state index is 12.0. The van der Waals surface area contributed by atoms with Gasteiger partial charge in [0.1, 0.15) is 15.5 Å². The molecular weight excluding hydrogens is 424 g/mol. The number of nitrogens with one attached hydrogen (secondary N) is 1. The molecule has 2 aromatic rings. The highest BCUT2D eigenvalue weighted by molar-refractivity contribution is 7.91. The van der Waals surface area contributed by atoms with Crippen LogP contribution in [0.3, 0.4) is 0 Å². The molecule has 178 valence electrons. The van der Waals surface area contributed by atoms with Crippen LogP contribution in [0.25, 0.3) is 11.0 Å². The van der Waals surface area contributed by atoms with Gasteiger partial charge in [-0.15, -0.1) is 0 Å². The Labute approximate surface area is 191 Å².